The maximum atomic E-state index is 12.3. The van der Waals surface area contributed by atoms with E-state index in [0.29, 0.717) is 12.0 Å². The third-order valence-corrected chi connectivity index (χ3v) is 3.79. The predicted octanol–water partition coefficient (Wildman–Crippen LogP) is 2.97. The molecule has 0 bridgehead atoms. The van der Waals surface area contributed by atoms with Crippen LogP contribution in [0.15, 0.2) is 48.5 Å². The van der Waals surface area contributed by atoms with Gasteiger partial charge in [0.15, 0.2) is 6.10 Å². The topological polar surface area (TPSA) is 55.4 Å². The maximum absolute atomic E-state index is 12.3. The normalized spacial score (nSPS) is 16.6. The average molecular weight is 295 g/mol. The van der Waals surface area contributed by atoms with E-state index in [2.05, 4.69) is 12.2 Å². The van der Waals surface area contributed by atoms with Gasteiger partial charge >= 0.3 is 5.97 Å². The number of rotatable bonds is 3. The Morgan fingerprint density at radius 1 is 1.23 bits per heavy atom. The van der Waals surface area contributed by atoms with Crippen LogP contribution in [0.1, 0.15) is 28.4 Å². The fourth-order valence-electron chi connectivity index (χ4n) is 2.57. The number of aryl methyl sites for hydroxylation is 1. The zero-order chi connectivity index (χ0) is 15.5. The molecule has 0 aliphatic carbocycles. The lowest BCUT2D eigenvalue weighted by Gasteiger charge is -2.23. The molecule has 112 valence electrons. The van der Waals surface area contributed by atoms with E-state index in [1.807, 2.05) is 36.4 Å². The minimum atomic E-state index is -0.785. The van der Waals surface area contributed by atoms with Crippen molar-refractivity contribution >= 4 is 17.6 Å². The third-order valence-electron chi connectivity index (χ3n) is 3.79. The molecule has 4 heteroatoms. The average Bonchev–Trinajstić information content (AvgIpc) is 2.55. The van der Waals surface area contributed by atoms with Crippen LogP contribution in [-0.2, 0) is 22.4 Å². The molecule has 0 unspecified atom stereocenters. The Morgan fingerprint density at radius 2 is 2.05 bits per heavy atom. The second-order valence-corrected chi connectivity index (χ2v) is 5.30. The second-order valence-electron chi connectivity index (χ2n) is 5.30. The van der Waals surface area contributed by atoms with Crippen LogP contribution in [0, 0.1) is 0 Å². The van der Waals surface area contributed by atoms with E-state index in [-0.39, 0.29) is 5.91 Å². The number of esters is 1. The number of nitrogens with one attached hydrogen (secondary N) is 1. The number of carbonyl (C=O) groups is 2. The third kappa shape index (κ3) is 2.86. The van der Waals surface area contributed by atoms with Crippen molar-refractivity contribution in [1.29, 1.82) is 0 Å². The number of fused-ring (bicyclic) bond motifs is 1. The minimum Gasteiger partial charge on any atom is -0.448 e. The van der Waals surface area contributed by atoms with Gasteiger partial charge in [-0.1, -0.05) is 37.3 Å². The molecule has 0 radical (unpaired) electrons. The monoisotopic (exact) mass is 295 g/mol. The molecule has 1 N–H and O–H groups in total. The molecule has 2 aromatic rings. The van der Waals surface area contributed by atoms with Gasteiger partial charge in [-0.15, -0.1) is 0 Å². The molecule has 1 amide bonds. The fraction of sp³-hybridized carbons (Fsp3) is 0.222. The fourth-order valence-corrected chi connectivity index (χ4v) is 2.57. The van der Waals surface area contributed by atoms with Gasteiger partial charge in [-0.3, -0.25) is 4.79 Å². The molecule has 4 nitrogen and oxygen atoms in total. The van der Waals surface area contributed by atoms with Crippen molar-refractivity contribution in [2.24, 2.45) is 0 Å². The number of ether oxygens (including phenoxy) is 1. The van der Waals surface area contributed by atoms with E-state index >= 15 is 0 Å². The largest absolute Gasteiger partial charge is 0.448 e. The van der Waals surface area contributed by atoms with Gasteiger partial charge in [0.05, 0.1) is 5.56 Å². The van der Waals surface area contributed by atoms with Crippen molar-refractivity contribution in [2.45, 2.75) is 25.9 Å². The number of cyclic esters (lactones) is 1. The highest BCUT2D eigenvalue weighted by Gasteiger charge is 2.30. The molecular formula is C18H17NO3. The van der Waals surface area contributed by atoms with Gasteiger partial charge in [0.1, 0.15) is 0 Å². The van der Waals surface area contributed by atoms with Crippen molar-refractivity contribution in [3.8, 4) is 0 Å². The van der Waals surface area contributed by atoms with Crippen LogP contribution >= 0.6 is 0 Å². The second kappa shape index (κ2) is 6.02. The van der Waals surface area contributed by atoms with Gasteiger partial charge < -0.3 is 10.1 Å². The van der Waals surface area contributed by atoms with Crippen molar-refractivity contribution in [2.75, 3.05) is 5.32 Å². The first-order valence-corrected chi connectivity index (χ1v) is 7.36. The smallest absolute Gasteiger partial charge is 0.339 e. The molecule has 1 aliphatic rings. The first-order valence-electron chi connectivity index (χ1n) is 7.36. The van der Waals surface area contributed by atoms with Crippen LogP contribution in [0.25, 0.3) is 0 Å². The first-order chi connectivity index (χ1) is 10.7. The zero-order valence-corrected chi connectivity index (χ0v) is 12.3. The number of hydrogen-bond donors (Lipinski definition) is 1. The van der Waals surface area contributed by atoms with Gasteiger partial charge in [-0.2, -0.15) is 0 Å². The van der Waals surface area contributed by atoms with E-state index in [0.717, 1.165) is 23.2 Å². The van der Waals surface area contributed by atoms with Gasteiger partial charge in [0.25, 0.3) is 5.91 Å². The Morgan fingerprint density at radius 3 is 2.86 bits per heavy atom. The molecule has 3 rings (SSSR count). The summed E-state index contributed by atoms with van der Waals surface area (Å²) in [5, 5.41) is 2.82. The molecule has 0 saturated carbocycles. The lowest BCUT2D eigenvalue weighted by molar-refractivity contribution is -0.125. The summed E-state index contributed by atoms with van der Waals surface area (Å²) in [7, 11) is 0. The Hall–Kier alpha value is -2.62. The van der Waals surface area contributed by atoms with Crippen molar-refractivity contribution < 1.29 is 14.3 Å². The van der Waals surface area contributed by atoms with Crippen LogP contribution in [-0.4, -0.2) is 18.0 Å². The summed E-state index contributed by atoms with van der Waals surface area (Å²) in [4.78, 5) is 24.3. The molecule has 1 aliphatic heterocycles. The number of carbonyl (C=O) groups excluding carboxylic acids is 2. The summed E-state index contributed by atoms with van der Waals surface area (Å²) in [6.45, 7) is 2.06. The molecule has 2 aromatic carbocycles. The summed E-state index contributed by atoms with van der Waals surface area (Å²) in [6.07, 6.45) is 0.518. The highest BCUT2D eigenvalue weighted by atomic mass is 16.5. The summed E-state index contributed by atoms with van der Waals surface area (Å²) < 4.78 is 5.25. The Kier molecular flexibility index (Phi) is 3.92. The van der Waals surface area contributed by atoms with Gasteiger partial charge in [0, 0.05) is 12.1 Å². The van der Waals surface area contributed by atoms with Gasteiger partial charge in [0.2, 0.25) is 0 Å². The maximum Gasteiger partial charge on any atom is 0.339 e. The van der Waals surface area contributed by atoms with Crippen LogP contribution in [0.5, 0.6) is 0 Å². The van der Waals surface area contributed by atoms with Crippen molar-refractivity contribution in [1.82, 2.24) is 0 Å². The van der Waals surface area contributed by atoms with Crippen molar-refractivity contribution in [3.63, 3.8) is 0 Å². The summed E-state index contributed by atoms with van der Waals surface area (Å²) in [6, 6.07) is 14.9. The van der Waals surface area contributed by atoms with E-state index < -0.39 is 12.1 Å². The standard InChI is InChI=1S/C18H17NO3/c1-2-12-6-5-8-14(10-12)19-17(20)16-11-13-7-3-4-9-15(13)18(21)22-16/h3-10,16H,2,11H2,1H3,(H,19,20)/t16-/m0/s1. The van der Waals surface area contributed by atoms with E-state index in [9.17, 15) is 9.59 Å². The van der Waals surface area contributed by atoms with Gasteiger partial charge in [-0.25, -0.2) is 4.79 Å². The van der Waals surface area contributed by atoms with E-state index in [1.165, 1.54) is 0 Å². The number of benzene rings is 2. The molecule has 1 heterocycles. The Labute approximate surface area is 129 Å². The SMILES string of the molecule is CCc1cccc(NC(=O)[C@@H]2Cc3ccccc3C(=O)O2)c1. The first kappa shape index (κ1) is 14.3. The molecule has 0 saturated heterocycles. The predicted molar refractivity (Wildman–Crippen MR) is 83.8 cm³/mol. The summed E-state index contributed by atoms with van der Waals surface area (Å²) in [5.41, 5.74) is 3.25. The van der Waals surface area contributed by atoms with Gasteiger partial charge in [-0.05, 0) is 35.7 Å². The molecule has 0 fully saturated rings. The number of amides is 1. The molecular weight excluding hydrogens is 278 g/mol. The van der Waals surface area contributed by atoms with Crippen LogP contribution < -0.4 is 5.32 Å². The molecule has 22 heavy (non-hydrogen) atoms. The molecule has 0 spiro atoms. The van der Waals surface area contributed by atoms with Crippen LogP contribution in [0.4, 0.5) is 5.69 Å². The highest BCUT2D eigenvalue weighted by molar-refractivity contribution is 6.00. The van der Waals surface area contributed by atoms with E-state index in [1.54, 1.807) is 12.1 Å². The Balaban J connectivity index is 1.75. The summed E-state index contributed by atoms with van der Waals surface area (Å²) in [5.74, 6) is -0.736. The molecule has 0 aromatic heterocycles. The van der Waals surface area contributed by atoms with Crippen molar-refractivity contribution in [3.05, 3.63) is 65.2 Å². The molecule has 1 atom stereocenters. The number of anilines is 1. The van der Waals surface area contributed by atoms with E-state index in [4.69, 9.17) is 4.74 Å². The van der Waals surface area contributed by atoms with Crippen LogP contribution in [0.2, 0.25) is 0 Å². The highest BCUT2D eigenvalue weighted by Crippen LogP contribution is 2.21. The zero-order valence-electron chi connectivity index (χ0n) is 12.3. The lowest BCUT2D eigenvalue weighted by atomic mass is 9.98. The number of hydrogen-bond acceptors (Lipinski definition) is 3. The summed E-state index contributed by atoms with van der Waals surface area (Å²) >= 11 is 0. The minimum absolute atomic E-state index is 0.295. The Bertz CT molecular complexity index is 724. The van der Waals surface area contributed by atoms with Crippen LogP contribution in [0.3, 0.4) is 0 Å². The quantitative estimate of drug-likeness (QED) is 0.886. The lowest BCUT2D eigenvalue weighted by Crippen LogP contribution is -2.37.